The van der Waals surface area contributed by atoms with Gasteiger partial charge < -0.3 is 4.90 Å². The molecule has 1 aliphatic rings. The largest absolute Gasteiger partial charge is 0.331 e. The number of halogens is 1. The van der Waals surface area contributed by atoms with Gasteiger partial charge in [-0.25, -0.2) is 4.39 Å². The predicted molar refractivity (Wildman–Crippen MR) is 103 cm³/mol. The topological polar surface area (TPSA) is 75.2 Å². The summed E-state index contributed by atoms with van der Waals surface area (Å²) in [6, 6.07) is 5.47. The third-order valence-corrected chi connectivity index (χ3v) is 5.19. The molecule has 1 fully saturated rings. The van der Waals surface area contributed by atoms with Gasteiger partial charge in [-0.1, -0.05) is 32.1 Å². The van der Waals surface area contributed by atoms with Crippen LogP contribution in [-0.2, 0) is 9.59 Å². The van der Waals surface area contributed by atoms with Crippen LogP contribution in [0.2, 0.25) is 0 Å². The molecule has 1 aliphatic heterocycles. The Morgan fingerprint density at radius 1 is 1.26 bits per heavy atom. The zero-order valence-corrected chi connectivity index (χ0v) is 16.5. The van der Waals surface area contributed by atoms with Crippen molar-refractivity contribution in [2.45, 2.75) is 46.1 Å². The van der Waals surface area contributed by atoms with Crippen molar-refractivity contribution in [3.8, 4) is 10.6 Å². The molecule has 2 aromatic rings. The molecule has 3 rings (SSSR count). The van der Waals surface area contributed by atoms with E-state index < -0.39 is 6.04 Å². The van der Waals surface area contributed by atoms with Gasteiger partial charge in [0.15, 0.2) is 0 Å². The molecule has 2 heterocycles. The second-order valence-electron chi connectivity index (χ2n) is 7.89. The smallest absolute Gasteiger partial charge is 0.249 e. The van der Waals surface area contributed by atoms with E-state index in [1.54, 1.807) is 17.0 Å². The van der Waals surface area contributed by atoms with Crippen LogP contribution in [0.25, 0.3) is 10.6 Å². The van der Waals surface area contributed by atoms with E-state index in [4.69, 9.17) is 0 Å². The lowest BCUT2D eigenvalue weighted by molar-refractivity contribution is -0.138. The molecule has 1 aromatic carbocycles. The summed E-state index contributed by atoms with van der Waals surface area (Å²) in [6.45, 7) is 6.63. The average molecular weight is 390 g/mol. The van der Waals surface area contributed by atoms with Gasteiger partial charge in [0.1, 0.15) is 16.9 Å². The summed E-state index contributed by atoms with van der Waals surface area (Å²) >= 11 is 1.22. The summed E-state index contributed by atoms with van der Waals surface area (Å²) in [5, 5.41) is 11.8. The van der Waals surface area contributed by atoms with Gasteiger partial charge in [-0.3, -0.25) is 14.9 Å². The fraction of sp³-hybridized carbons (Fsp3) is 0.474. The van der Waals surface area contributed by atoms with E-state index >= 15 is 0 Å². The molecule has 6 nitrogen and oxygen atoms in total. The van der Waals surface area contributed by atoms with Crippen molar-refractivity contribution in [2.24, 2.45) is 5.41 Å². The summed E-state index contributed by atoms with van der Waals surface area (Å²) in [7, 11) is 0. The second-order valence-corrected chi connectivity index (χ2v) is 8.87. The molecule has 0 bridgehead atoms. The van der Waals surface area contributed by atoms with Crippen LogP contribution in [0, 0.1) is 11.2 Å². The van der Waals surface area contributed by atoms with Crippen LogP contribution in [0.1, 0.15) is 40.0 Å². The summed E-state index contributed by atoms with van der Waals surface area (Å²) < 4.78 is 13.0. The Labute approximate surface area is 161 Å². The first-order valence-electron chi connectivity index (χ1n) is 8.93. The van der Waals surface area contributed by atoms with E-state index in [-0.39, 0.29) is 23.0 Å². The monoisotopic (exact) mass is 390 g/mol. The van der Waals surface area contributed by atoms with Gasteiger partial charge in [0.2, 0.25) is 16.9 Å². The lowest BCUT2D eigenvalue weighted by atomic mass is 9.91. The lowest BCUT2D eigenvalue weighted by Crippen LogP contribution is -2.44. The number of anilines is 1. The number of amides is 2. The van der Waals surface area contributed by atoms with Crippen molar-refractivity contribution in [1.82, 2.24) is 15.1 Å². The summed E-state index contributed by atoms with van der Waals surface area (Å²) in [4.78, 5) is 26.9. The van der Waals surface area contributed by atoms with E-state index in [2.05, 4.69) is 15.5 Å². The van der Waals surface area contributed by atoms with Gasteiger partial charge in [-0.05, 0) is 42.5 Å². The minimum absolute atomic E-state index is 0.00409. The van der Waals surface area contributed by atoms with Gasteiger partial charge in [-0.2, -0.15) is 0 Å². The Balaban J connectivity index is 1.66. The van der Waals surface area contributed by atoms with Crippen molar-refractivity contribution in [1.29, 1.82) is 0 Å². The normalized spacial score (nSPS) is 17.2. The Bertz CT molecular complexity index is 829. The Morgan fingerprint density at radius 3 is 2.63 bits per heavy atom. The van der Waals surface area contributed by atoms with Crippen LogP contribution in [0.15, 0.2) is 24.3 Å². The fourth-order valence-corrected chi connectivity index (χ4v) is 3.82. The molecular formula is C19H23FN4O2S. The number of carbonyl (C=O) groups is 2. The number of hydrogen-bond donors (Lipinski definition) is 1. The van der Waals surface area contributed by atoms with E-state index in [0.717, 1.165) is 12.0 Å². The lowest BCUT2D eigenvalue weighted by Gasteiger charge is -2.27. The van der Waals surface area contributed by atoms with Crippen molar-refractivity contribution in [3.05, 3.63) is 30.1 Å². The van der Waals surface area contributed by atoms with Gasteiger partial charge in [0.05, 0.1) is 0 Å². The molecule has 2 amide bonds. The number of nitrogens with one attached hydrogen (secondary N) is 1. The van der Waals surface area contributed by atoms with Crippen LogP contribution in [0.4, 0.5) is 9.52 Å². The Hall–Kier alpha value is -2.35. The zero-order valence-electron chi connectivity index (χ0n) is 15.7. The van der Waals surface area contributed by atoms with Crippen LogP contribution < -0.4 is 5.32 Å². The minimum atomic E-state index is -0.474. The molecule has 1 atom stereocenters. The van der Waals surface area contributed by atoms with Crippen molar-refractivity contribution < 1.29 is 14.0 Å². The van der Waals surface area contributed by atoms with Gasteiger partial charge in [0, 0.05) is 18.5 Å². The maximum atomic E-state index is 13.0. The standard InChI is InChI=1S/C19H23FN4O2S/c1-19(2,3)11-15(25)24-10-4-5-14(24)16(26)21-18-23-22-17(27-18)12-6-8-13(20)9-7-12/h6-9,14H,4-5,10-11H2,1-3H3,(H,21,23,26)/t14-/m0/s1. The molecule has 8 heteroatoms. The molecule has 0 aliphatic carbocycles. The first-order chi connectivity index (χ1) is 12.7. The van der Waals surface area contributed by atoms with Gasteiger partial charge in [-0.15, -0.1) is 10.2 Å². The van der Waals surface area contributed by atoms with Crippen molar-refractivity contribution in [2.75, 3.05) is 11.9 Å². The maximum absolute atomic E-state index is 13.0. The second kappa shape index (κ2) is 7.72. The molecule has 0 unspecified atom stereocenters. The van der Waals surface area contributed by atoms with E-state index in [9.17, 15) is 14.0 Å². The first-order valence-corrected chi connectivity index (χ1v) is 9.74. The highest BCUT2D eigenvalue weighted by Gasteiger charge is 2.35. The number of hydrogen-bond acceptors (Lipinski definition) is 5. The summed E-state index contributed by atoms with van der Waals surface area (Å²) in [5.41, 5.74) is 0.613. The number of likely N-dealkylation sites (tertiary alicyclic amines) is 1. The first kappa shape index (κ1) is 19.4. The molecular weight excluding hydrogens is 367 g/mol. The highest BCUT2D eigenvalue weighted by Crippen LogP contribution is 2.28. The van der Waals surface area contributed by atoms with E-state index in [1.807, 2.05) is 20.8 Å². The Morgan fingerprint density at radius 2 is 1.96 bits per heavy atom. The SMILES string of the molecule is CC(C)(C)CC(=O)N1CCC[C@H]1C(=O)Nc1nnc(-c2ccc(F)cc2)s1. The number of aromatic nitrogens is 2. The molecule has 0 saturated carbocycles. The average Bonchev–Trinajstić information content (AvgIpc) is 3.23. The quantitative estimate of drug-likeness (QED) is 0.864. The third kappa shape index (κ3) is 4.88. The molecule has 144 valence electrons. The number of carbonyl (C=O) groups excluding carboxylic acids is 2. The minimum Gasteiger partial charge on any atom is -0.331 e. The van der Waals surface area contributed by atoms with Gasteiger partial charge in [0.25, 0.3) is 0 Å². The van der Waals surface area contributed by atoms with E-state index in [0.29, 0.717) is 29.5 Å². The number of benzene rings is 1. The number of rotatable bonds is 4. The van der Waals surface area contributed by atoms with Crippen molar-refractivity contribution >= 4 is 28.3 Å². The fourth-order valence-electron chi connectivity index (χ4n) is 3.06. The summed E-state index contributed by atoms with van der Waals surface area (Å²) in [5.74, 6) is -0.556. The zero-order chi connectivity index (χ0) is 19.6. The summed E-state index contributed by atoms with van der Waals surface area (Å²) in [6.07, 6.45) is 1.86. The highest BCUT2D eigenvalue weighted by atomic mass is 32.1. The number of nitrogens with zero attached hydrogens (tertiary/aromatic N) is 3. The molecule has 27 heavy (non-hydrogen) atoms. The van der Waals surface area contributed by atoms with E-state index in [1.165, 1.54) is 23.5 Å². The molecule has 1 saturated heterocycles. The van der Waals surface area contributed by atoms with Gasteiger partial charge >= 0.3 is 0 Å². The molecule has 1 N–H and O–H groups in total. The highest BCUT2D eigenvalue weighted by molar-refractivity contribution is 7.18. The van der Waals surface area contributed by atoms with Crippen LogP contribution in [-0.4, -0.2) is 39.5 Å². The molecule has 0 spiro atoms. The van der Waals surface area contributed by atoms with Crippen LogP contribution in [0.3, 0.4) is 0 Å². The molecule has 1 aromatic heterocycles. The maximum Gasteiger partial charge on any atom is 0.249 e. The Kier molecular flexibility index (Phi) is 5.55. The van der Waals surface area contributed by atoms with Crippen LogP contribution >= 0.6 is 11.3 Å². The third-order valence-electron chi connectivity index (χ3n) is 4.30. The van der Waals surface area contributed by atoms with Crippen molar-refractivity contribution in [3.63, 3.8) is 0 Å². The van der Waals surface area contributed by atoms with Crippen LogP contribution in [0.5, 0.6) is 0 Å². The molecule has 0 radical (unpaired) electrons. The predicted octanol–water partition coefficient (Wildman–Crippen LogP) is 3.71.